The summed E-state index contributed by atoms with van der Waals surface area (Å²) in [7, 11) is 0. The Morgan fingerprint density at radius 2 is 2.00 bits per heavy atom. The zero-order chi connectivity index (χ0) is 13.3. The van der Waals surface area contributed by atoms with Gasteiger partial charge in [-0.3, -0.25) is 14.9 Å². The van der Waals surface area contributed by atoms with Crippen LogP contribution in [-0.4, -0.2) is 11.8 Å². The molecule has 1 N–H and O–H groups in total. The number of amides is 2. The largest absolute Gasteiger partial charge is 0.296 e. The molecular weight excluding hydrogens is 226 g/mol. The van der Waals surface area contributed by atoms with Crippen LogP contribution in [0.1, 0.15) is 37.3 Å². The number of nitrogens with one attached hydrogen (secondary N) is 1. The highest BCUT2D eigenvalue weighted by molar-refractivity contribution is 6.00. The molecule has 0 bridgehead atoms. The second-order valence-corrected chi connectivity index (χ2v) is 5.41. The summed E-state index contributed by atoms with van der Waals surface area (Å²) in [6, 6.07) is 8.10. The fourth-order valence-corrected chi connectivity index (χ4v) is 2.77. The minimum Gasteiger partial charge on any atom is -0.296 e. The lowest BCUT2D eigenvalue weighted by Crippen LogP contribution is -2.46. The molecule has 3 nitrogen and oxygen atoms in total. The van der Waals surface area contributed by atoms with Crippen molar-refractivity contribution in [3.8, 4) is 0 Å². The van der Waals surface area contributed by atoms with Crippen molar-refractivity contribution in [2.24, 2.45) is 11.8 Å². The summed E-state index contributed by atoms with van der Waals surface area (Å²) in [6.45, 7) is 6.09. The molecule has 0 aromatic heterocycles. The van der Waals surface area contributed by atoms with Crippen molar-refractivity contribution < 1.29 is 9.59 Å². The van der Waals surface area contributed by atoms with Gasteiger partial charge in [-0.05, 0) is 18.4 Å². The van der Waals surface area contributed by atoms with Crippen molar-refractivity contribution in [1.82, 2.24) is 5.32 Å². The molecule has 0 aliphatic carbocycles. The maximum Gasteiger partial charge on any atom is 0.230 e. The SMILES string of the molecule is Cc1cccc(C2CC(=O)NC(=O)C2C(C)C)c1. The Morgan fingerprint density at radius 3 is 2.61 bits per heavy atom. The molecule has 1 fully saturated rings. The summed E-state index contributed by atoms with van der Waals surface area (Å²) in [6.07, 6.45) is 0.401. The topological polar surface area (TPSA) is 46.2 Å². The van der Waals surface area contributed by atoms with Crippen molar-refractivity contribution in [3.63, 3.8) is 0 Å². The maximum atomic E-state index is 12.0. The van der Waals surface area contributed by atoms with Crippen LogP contribution in [0.15, 0.2) is 24.3 Å². The number of benzene rings is 1. The van der Waals surface area contributed by atoms with Crippen LogP contribution in [0.3, 0.4) is 0 Å². The van der Waals surface area contributed by atoms with Gasteiger partial charge in [0.05, 0.1) is 0 Å². The molecule has 1 aromatic rings. The highest BCUT2D eigenvalue weighted by atomic mass is 16.2. The van der Waals surface area contributed by atoms with Crippen molar-refractivity contribution in [2.45, 2.75) is 33.1 Å². The van der Waals surface area contributed by atoms with E-state index in [2.05, 4.69) is 11.4 Å². The van der Waals surface area contributed by atoms with Crippen LogP contribution < -0.4 is 5.32 Å². The van der Waals surface area contributed by atoms with Gasteiger partial charge in [0, 0.05) is 18.3 Å². The molecule has 1 aliphatic rings. The second-order valence-electron chi connectivity index (χ2n) is 5.41. The molecule has 1 saturated heterocycles. The fraction of sp³-hybridized carbons (Fsp3) is 0.467. The number of aryl methyl sites for hydroxylation is 1. The third kappa shape index (κ3) is 2.45. The highest BCUT2D eigenvalue weighted by Crippen LogP contribution is 2.36. The van der Waals surface area contributed by atoms with E-state index in [-0.39, 0.29) is 29.6 Å². The van der Waals surface area contributed by atoms with Crippen LogP contribution in [-0.2, 0) is 9.59 Å². The van der Waals surface area contributed by atoms with E-state index in [1.54, 1.807) is 0 Å². The number of hydrogen-bond acceptors (Lipinski definition) is 2. The fourth-order valence-electron chi connectivity index (χ4n) is 2.77. The molecule has 0 radical (unpaired) electrons. The second kappa shape index (κ2) is 4.92. The Kier molecular flexibility index (Phi) is 3.50. The molecule has 18 heavy (non-hydrogen) atoms. The third-order valence-electron chi connectivity index (χ3n) is 3.59. The molecule has 1 aliphatic heterocycles. The van der Waals surface area contributed by atoms with Gasteiger partial charge in [0.25, 0.3) is 0 Å². The van der Waals surface area contributed by atoms with E-state index in [1.165, 1.54) is 0 Å². The van der Waals surface area contributed by atoms with E-state index in [0.717, 1.165) is 11.1 Å². The number of piperidine rings is 1. The van der Waals surface area contributed by atoms with Gasteiger partial charge in [0.15, 0.2) is 0 Å². The van der Waals surface area contributed by atoms with Crippen molar-refractivity contribution >= 4 is 11.8 Å². The number of carbonyl (C=O) groups excluding carboxylic acids is 2. The summed E-state index contributed by atoms with van der Waals surface area (Å²) in [5.41, 5.74) is 2.25. The highest BCUT2D eigenvalue weighted by Gasteiger charge is 2.38. The summed E-state index contributed by atoms with van der Waals surface area (Å²) in [5, 5.41) is 2.45. The van der Waals surface area contributed by atoms with Crippen molar-refractivity contribution in [1.29, 1.82) is 0 Å². The van der Waals surface area contributed by atoms with Gasteiger partial charge in [0.2, 0.25) is 11.8 Å². The average molecular weight is 245 g/mol. The van der Waals surface area contributed by atoms with Crippen LogP contribution >= 0.6 is 0 Å². The van der Waals surface area contributed by atoms with E-state index in [1.807, 2.05) is 39.0 Å². The Balaban J connectivity index is 2.38. The molecule has 0 spiro atoms. The van der Waals surface area contributed by atoms with Crippen LogP contribution in [0, 0.1) is 18.8 Å². The molecule has 3 heteroatoms. The molecule has 1 aromatic carbocycles. The molecule has 2 amide bonds. The first-order valence-corrected chi connectivity index (χ1v) is 6.39. The average Bonchev–Trinajstić information content (AvgIpc) is 2.27. The number of carbonyl (C=O) groups is 2. The van der Waals surface area contributed by atoms with Gasteiger partial charge in [0.1, 0.15) is 0 Å². The van der Waals surface area contributed by atoms with Crippen LogP contribution in [0.5, 0.6) is 0 Å². The standard InChI is InChI=1S/C15H19NO2/c1-9(2)14-12(8-13(17)16-15(14)18)11-6-4-5-10(3)7-11/h4-7,9,12,14H,8H2,1-3H3,(H,16,17,18). The lowest BCUT2D eigenvalue weighted by Gasteiger charge is -2.33. The van der Waals surface area contributed by atoms with E-state index < -0.39 is 0 Å². The van der Waals surface area contributed by atoms with Crippen LogP contribution in [0.2, 0.25) is 0 Å². The predicted molar refractivity (Wildman–Crippen MR) is 70.0 cm³/mol. The molecule has 2 unspecified atom stereocenters. The zero-order valence-corrected chi connectivity index (χ0v) is 11.1. The molecule has 2 rings (SSSR count). The van der Waals surface area contributed by atoms with E-state index in [9.17, 15) is 9.59 Å². The first-order chi connectivity index (χ1) is 8.49. The van der Waals surface area contributed by atoms with Gasteiger partial charge < -0.3 is 0 Å². The molecular formula is C15H19NO2. The number of imide groups is 1. The predicted octanol–water partition coefficient (Wildman–Crippen LogP) is 2.40. The van der Waals surface area contributed by atoms with E-state index in [4.69, 9.17) is 0 Å². The lowest BCUT2D eigenvalue weighted by molar-refractivity contribution is -0.138. The van der Waals surface area contributed by atoms with Crippen LogP contribution in [0.25, 0.3) is 0 Å². The Morgan fingerprint density at radius 1 is 1.28 bits per heavy atom. The van der Waals surface area contributed by atoms with Gasteiger partial charge >= 0.3 is 0 Å². The van der Waals surface area contributed by atoms with Crippen LogP contribution in [0.4, 0.5) is 0 Å². The summed E-state index contributed by atoms with van der Waals surface area (Å²) in [4.78, 5) is 23.6. The zero-order valence-electron chi connectivity index (χ0n) is 11.1. The monoisotopic (exact) mass is 245 g/mol. The number of rotatable bonds is 2. The Labute approximate surface area is 108 Å². The van der Waals surface area contributed by atoms with Gasteiger partial charge in [-0.1, -0.05) is 43.7 Å². The first kappa shape index (κ1) is 12.8. The molecule has 2 atom stereocenters. The Bertz CT molecular complexity index is 479. The summed E-state index contributed by atoms with van der Waals surface area (Å²) < 4.78 is 0. The van der Waals surface area contributed by atoms with Gasteiger partial charge in [-0.25, -0.2) is 0 Å². The minimum atomic E-state index is -0.164. The van der Waals surface area contributed by atoms with Gasteiger partial charge in [-0.15, -0.1) is 0 Å². The van der Waals surface area contributed by atoms with Crippen molar-refractivity contribution in [3.05, 3.63) is 35.4 Å². The van der Waals surface area contributed by atoms with E-state index in [0.29, 0.717) is 6.42 Å². The normalized spacial score (nSPS) is 24.2. The van der Waals surface area contributed by atoms with Gasteiger partial charge in [-0.2, -0.15) is 0 Å². The summed E-state index contributed by atoms with van der Waals surface area (Å²) >= 11 is 0. The van der Waals surface area contributed by atoms with Crippen molar-refractivity contribution in [2.75, 3.05) is 0 Å². The minimum absolute atomic E-state index is 0.00569. The molecule has 0 saturated carbocycles. The third-order valence-corrected chi connectivity index (χ3v) is 3.59. The maximum absolute atomic E-state index is 12.0. The smallest absolute Gasteiger partial charge is 0.230 e. The lowest BCUT2D eigenvalue weighted by atomic mass is 9.74. The molecule has 1 heterocycles. The first-order valence-electron chi connectivity index (χ1n) is 6.39. The number of hydrogen-bond donors (Lipinski definition) is 1. The molecule has 96 valence electrons. The quantitative estimate of drug-likeness (QED) is 0.813. The van der Waals surface area contributed by atoms with E-state index >= 15 is 0 Å². The summed E-state index contributed by atoms with van der Waals surface area (Å²) in [5.74, 6) is -0.185. The Hall–Kier alpha value is -1.64.